The number of hydrogen-bond acceptors (Lipinski definition) is 3. The highest BCUT2D eigenvalue weighted by Crippen LogP contribution is 2.06. The van der Waals surface area contributed by atoms with Crippen LogP contribution >= 0.6 is 0 Å². The molecule has 1 aromatic carbocycles. The van der Waals surface area contributed by atoms with Gasteiger partial charge >= 0.3 is 0 Å². The second kappa shape index (κ2) is 7.94. The summed E-state index contributed by atoms with van der Waals surface area (Å²) < 4.78 is 0. The van der Waals surface area contributed by atoms with Gasteiger partial charge in [0.2, 0.25) is 11.8 Å². The van der Waals surface area contributed by atoms with E-state index in [0.29, 0.717) is 13.1 Å². The summed E-state index contributed by atoms with van der Waals surface area (Å²) in [7, 11) is 0. The zero-order valence-electron chi connectivity index (χ0n) is 13.3. The Morgan fingerprint density at radius 3 is 2.73 bits per heavy atom. The second-order valence-corrected chi connectivity index (χ2v) is 5.93. The van der Waals surface area contributed by atoms with Gasteiger partial charge in [0.05, 0.1) is 12.6 Å². The number of piperazine rings is 1. The van der Waals surface area contributed by atoms with Crippen LogP contribution in [0.3, 0.4) is 0 Å². The monoisotopic (exact) mass is 303 g/mol. The molecular formula is C17H25N3O2. The van der Waals surface area contributed by atoms with Crippen LogP contribution in [0.4, 0.5) is 0 Å². The highest BCUT2D eigenvalue weighted by molar-refractivity contribution is 5.84. The predicted molar refractivity (Wildman–Crippen MR) is 86.4 cm³/mol. The van der Waals surface area contributed by atoms with Crippen LogP contribution in [0.2, 0.25) is 0 Å². The number of hydrogen-bond donors (Lipinski definition) is 2. The Morgan fingerprint density at radius 2 is 2.05 bits per heavy atom. The van der Waals surface area contributed by atoms with Gasteiger partial charge in [-0.1, -0.05) is 30.3 Å². The zero-order valence-corrected chi connectivity index (χ0v) is 13.3. The molecule has 1 fully saturated rings. The Labute approximate surface area is 132 Å². The molecule has 0 spiro atoms. The number of rotatable bonds is 6. The van der Waals surface area contributed by atoms with Crippen molar-refractivity contribution in [2.75, 3.05) is 19.6 Å². The van der Waals surface area contributed by atoms with E-state index in [-0.39, 0.29) is 23.9 Å². The van der Waals surface area contributed by atoms with Crippen LogP contribution in [0.5, 0.6) is 0 Å². The minimum Gasteiger partial charge on any atom is -0.354 e. The summed E-state index contributed by atoms with van der Waals surface area (Å²) >= 11 is 0. The van der Waals surface area contributed by atoms with Crippen molar-refractivity contribution in [3.05, 3.63) is 35.9 Å². The van der Waals surface area contributed by atoms with Gasteiger partial charge in [0.1, 0.15) is 0 Å². The smallest absolute Gasteiger partial charge is 0.237 e. The van der Waals surface area contributed by atoms with Gasteiger partial charge in [0.15, 0.2) is 0 Å². The summed E-state index contributed by atoms with van der Waals surface area (Å²) in [5, 5.41) is 5.82. The molecule has 2 atom stereocenters. The Hall–Kier alpha value is -1.88. The van der Waals surface area contributed by atoms with E-state index in [2.05, 4.69) is 22.8 Å². The molecule has 0 bridgehead atoms. The third-order valence-corrected chi connectivity index (χ3v) is 4.09. The van der Waals surface area contributed by atoms with Gasteiger partial charge in [-0.15, -0.1) is 0 Å². The molecule has 120 valence electrons. The van der Waals surface area contributed by atoms with Crippen molar-refractivity contribution in [1.29, 1.82) is 0 Å². The van der Waals surface area contributed by atoms with E-state index in [0.717, 1.165) is 19.4 Å². The number of amides is 2. The van der Waals surface area contributed by atoms with E-state index >= 15 is 0 Å². The summed E-state index contributed by atoms with van der Waals surface area (Å²) in [6, 6.07) is 10.1. The van der Waals surface area contributed by atoms with Crippen molar-refractivity contribution in [2.45, 2.75) is 38.8 Å². The molecule has 5 nitrogen and oxygen atoms in total. The van der Waals surface area contributed by atoms with Crippen molar-refractivity contribution in [3.63, 3.8) is 0 Å². The average Bonchev–Trinajstić information content (AvgIpc) is 2.53. The first kappa shape index (κ1) is 16.5. The number of carbonyl (C=O) groups excluding carboxylic acids is 2. The van der Waals surface area contributed by atoms with Gasteiger partial charge in [0, 0.05) is 19.1 Å². The van der Waals surface area contributed by atoms with Gasteiger partial charge in [-0.25, -0.2) is 0 Å². The number of carbonyl (C=O) groups is 2. The lowest BCUT2D eigenvalue weighted by Gasteiger charge is -2.31. The summed E-state index contributed by atoms with van der Waals surface area (Å²) in [4.78, 5) is 25.6. The molecule has 22 heavy (non-hydrogen) atoms. The summed E-state index contributed by atoms with van der Waals surface area (Å²) in [5.74, 6) is -0.0155. The van der Waals surface area contributed by atoms with E-state index in [4.69, 9.17) is 0 Å². The van der Waals surface area contributed by atoms with E-state index < -0.39 is 0 Å². The molecule has 5 heteroatoms. The van der Waals surface area contributed by atoms with Crippen molar-refractivity contribution in [3.8, 4) is 0 Å². The lowest BCUT2D eigenvalue weighted by atomic mass is 10.1. The third-order valence-electron chi connectivity index (χ3n) is 4.09. The largest absolute Gasteiger partial charge is 0.354 e. The van der Waals surface area contributed by atoms with Crippen LogP contribution in [-0.2, 0) is 16.0 Å². The van der Waals surface area contributed by atoms with Crippen LogP contribution in [0.1, 0.15) is 25.8 Å². The first-order valence-corrected chi connectivity index (χ1v) is 7.91. The fourth-order valence-corrected chi connectivity index (χ4v) is 2.62. The van der Waals surface area contributed by atoms with Crippen LogP contribution in [0, 0.1) is 0 Å². The first-order chi connectivity index (χ1) is 10.6. The molecule has 2 N–H and O–H groups in total. The van der Waals surface area contributed by atoms with Gasteiger partial charge in [-0.05, 0) is 32.3 Å². The normalized spacial score (nSPS) is 18.4. The Bertz CT molecular complexity index is 504. The summed E-state index contributed by atoms with van der Waals surface area (Å²) in [6.07, 6.45) is 1.85. The quantitative estimate of drug-likeness (QED) is 0.822. The number of benzene rings is 1. The SMILES string of the molecule is C[C@H](CCc1ccccc1)NC(=O)[C@@H](C)N1CCNC(=O)C1. The molecule has 0 unspecified atom stereocenters. The fraction of sp³-hybridized carbons (Fsp3) is 0.529. The van der Waals surface area contributed by atoms with E-state index in [9.17, 15) is 9.59 Å². The topological polar surface area (TPSA) is 61.4 Å². The van der Waals surface area contributed by atoms with Crippen molar-refractivity contribution in [2.24, 2.45) is 0 Å². The van der Waals surface area contributed by atoms with Crippen LogP contribution < -0.4 is 10.6 Å². The van der Waals surface area contributed by atoms with E-state index in [1.54, 1.807) is 0 Å². The van der Waals surface area contributed by atoms with Gasteiger partial charge < -0.3 is 10.6 Å². The molecule has 1 aliphatic rings. The van der Waals surface area contributed by atoms with Crippen LogP contribution in [-0.4, -0.2) is 48.4 Å². The maximum Gasteiger partial charge on any atom is 0.237 e. The molecule has 1 aliphatic heterocycles. The van der Waals surface area contributed by atoms with Crippen molar-refractivity contribution < 1.29 is 9.59 Å². The predicted octanol–water partition coefficient (Wildman–Crippen LogP) is 0.944. The molecule has 0 aromatic heterocycles. The molecule has 2 rings (SSSR count). The van der Waals surface area contributed by atoms with E-state index in [1.807, 2.05) is 36.9 Å². The molecule has 1 saturated heterocycles. The van der Waals surface area contributed by atoms with Gasteiger partial charge in [-0.3, -0.25) is 14.5 Å². The van der Waals surface area contributed by atoms with Gasteiger partial charge in [-0.2, -0.15) is 0 Å². The molecular weight excluding hydrogens is 278 g/mol. The average molecular weight is 303 g/mol. The third kappa shape index (κ3) is 4.84. The maximum atomic E-state index is 12.3. The van der Waals surface area contributed by atoms with Gasteiger partial charge in [0.25, 0.3) is 0 Å². The number of nitrogens with zero attached hydrogens (tertiary/aromatic N) is 1. The van der Waals surface area contributed by atoms with E-state index in [1.165, 1.54) is 5.56 Å². The highest BCUT2D eigenvalue weighted by atomic mass is 16.2. The van der Waals surface area contributed by atoms with Crippen molar-refractivity contribution >= 4 is 11.8 Å². The highest BCUT2D eigenvalue weighted by Gasteiger charge is 2.26. The molecule has 0 radical (unpaired) electrons. The molecule has 1 heterocycles. The molecule has 1 aromatic rings. The number of aryl methyl sites for hydroxylation is 1. The molecule has 0 aliphatic carbocycles. The Morgan fingerprint density at radius 1 is 1.32 bits per heavy atom. The zero-order chi connectivity index (χ0) is 15.9. The molecule has 0 saturated carbocycles. The second-order valence-electron chi connectivity index (χ2n) is 5.93. The minimum absolute atomic E-state index is 0.00439. The summed E-state index contributed by atoms with van der Waals surface area (Å²) in [5.41, 5.74) is 1.28. The maximum absolute atomic E-state index is 12.3. The van der Waals surface area contributed by atoms with Crippen molar-refractivity contribution in [1.82, 2.24) is 15.5 Å². The lowest BCUT2D eigenvalue weighted by Crippen LogP contribution is -2.55. The Balaban J connectivity index is 1.76. The van der Waals surface area contributed by atoms with Crippen LogP contribution in [0.15, 0.2) is 30.3 Å². The minimum atomic E-state index is -0.273. The Kier molecular flexibility index (Phi) is 5.95. The lowest BCUT2D eigenvalue weighted by molar-refractivity contribution is -0.130. The molecule has 2 amide bonds. The fourth-order valence-electron chi connectivity index (χ4n) is 2.62. The number of nitrogens with one attached hydrogen (secondary N) is 2. The van der Waals surface area contributed by atoms with Crippen LogP contribution in [0.25, 0.3) is 0 Å². The first-order valence-electron chi connectivity index (χ1n) is 7.91. The summed E-state index contributed by atoms with van der Waals surface area (Å²) in [6.45, 7) is 5.51. The standard InChI is InChI=1S/C17H25N3O2/c1-13(8-9-15-6-4-3-5-7-15)19-17(22)14(2)20-11-10-18-16(21)12-20/h3-7,13-14H,8-12H2,1-2H3,(H,18,21)(H,19,22)/t13-,14-/m1/s1.